The van der Waals surface area contributed by atoms with Gasteiger partial charge in [0, 0.05) is 49.8 Å². The lowest BCUT2D eigenvalue weighted by atomic mass is 10.0. The highest BCUT2D eigenvalue weighted by molar-refractivity contribution is 6.00. The molecule has 0 spiro atoms. The molecule has 1 aromatic heterocycles. The van der Waals surface area contributed by atoms with Crippen molar-refractivity contribution in [2.45, 2.75) is 77.9 Å². The van der Waals surface area contributed by atoms with E-state index in [1.807, 2.05) is 55.4 Å². The van der Waals surface area contributed by atoms with Crippen LogP contribution in [-0.2, 0) is 17.7 Å². The van der Waals surface area contributed by atoms with Crippen molar-refractivity contribution in [3.05, 3.63) is 88.2 Å². The Kier molecular flexibility index (Phi) is 10.6. The maximum absolute atomic E-state index is 13.3. The minimum Gasteiger partial charge on any atom is -0.506 e. The summed E-state index contributed by atoms with van der Waals surface area (Å²) >= 11 is 0. The van der Waals surface area contributed by atoms with E-state index in [-0.39, 0.29) is 29.6 Å². The van der Waals surface area contributed by atoms with E-state index in [1.54, 1.807) is 19.2 Å². The van der Waals surface area contributed by atoms with Gasteiger partial charge < -0.3 is 25.4 Å². The first-order valence-corrected chi connectivity index (χ1v) is 14.9. The van der Waals surface area contributed by atoms with Crippen LogP contribution in [0.3, 0.4) is 0 Å². The number of nitrogens with one attached hydrogen (secondary N) is 2. The summed E-state index contributed by atoms with van der Waals surface area (Å²) in [5, 5.41) is 17.0. The number of carbonyl (C=O) groups is 2. The van der Waals surface area contributed by atoms with Crippen LogP contribution in [0, 0.1) is 6.92 Å². The van der Waals surface area contributed by atoms with E-state index in [2.05, 4.69) is 35.5 Å². The maximum atomic E-state index is 13.3. The van der Waals surface area contributed by atoms with E-state index in [9.17, 15) is 14.7 Å². The Morgan fingerprint density at radius 1 is 1.07 bits per heavy atom. The number of aromatic hydroxyl groups is 1. The highest BCUT2D eigenvalue weighted by atomic mass is 16.5. The zero-order valence-corrected chi connectivity index (χ0v) is 25.4. The minimum atomic E-state index is -0.200. The van der Waals surface area contributed by atoms with Gasteiger partial charge in [-0.25, -0.2) is 0 Å². The number of hydrogen-bond acceptors (Lipinski definition) is 6. The van der Waals surface area contributed by atoms with Gasteiger partial charge in [-0.15, -0.1) is 0 Å². The third-order valence-corrected chi connectivity index (χ3v) is 7.85. The number of aromatic nitrogens is 1. The number of benzene rings is 2. The predicted molar refractivity (Wildman–Crippen MR) is 166 cm³/mol. The van der Waals surface area contributed by atoms with E-state index in [0.29, 0.717) is 55.3 Å². The Hall–Kier alpha value is -3.91. The Bertz CT molecular complexity index is 1390. The second-order valence-electron chi connectivity index (χ2n) is 11.7. The first-order valence-electron chi connectivity index (χ1n) is 14.9. The molecule has 3 N–H and O–H groups in total. The van der Waals surface area contributed by atoms with Crippen LogP contribution in [0.5, 0.6) is 5.75 Å². The first kappa shape index (κ1) is 31.0. The lowest BCUT2D eigenvalue weighted by molar-refractivity contribution is 0.0630. The van der Waals surface area contributed by atoms with Crippen molar-refractivity contribution in [3.8, 4) is 5.75 Å². The van der Waals surface area contributed by atoms with Crippen LogP contribution in [0.2, 0.25) is 0 Å². The molecule has 3 aromatic rings. The predicted octanol–water partition coefficient (Wildman–Crippen LogP) is 5.83. The van der Waals surface area contributed by atoms with Crippen molar-refractivity contribution in [2.24, 2.45) is 0 Å². The van der Waals surface area contributed by atoms with Gasteiger partial charge in [-0.1, -0.05) is 26.0 Å². The molecule has 2 heterocycles. The van der Waals surface area contributed by atoms with Crippen molar-refractivity contribution < 1.29 is 19.4 Å². The molecule has 0 unspecified atom stereocenters. The smallest absolute Gasteiger partial charge is 0.254 e. The standard InChI is InChI=1S/C34H44N4O4/c1-22(2)29-15-26(18-35-20-29)19-36-31-11-10-25(16-32(31)39)9-8-24(4)37-33(40)27-13-23(3)14-28(17-27)34(41)38-12-6-7-30(38)21-42-5/h10-11,13-18,20,22,24,30,36,39H,6-9,12,19,21H2,1-5H3,(H,37,40)/t24-,30+/m0/s1. The number of amides is 2. The third-order valence-electron chi connectivity index (χ3n) is 7.85. The van der Waals surface area contributed by atoms with Gasteiger partial charge in [0.1, 0.15) is 5.75 Å². The molecule has 1 saturated heterocycles. The lowest BCUT2D eigenvalue weighted by Gasteiger charge is -2.24. The van der Waals surface area contributed by atoms with E-state index >= 15 is 0 Å². The number of anilines is 1. The first-order chi connectivity index (χ1) is 20.1. The van der Waals surface area contributed by atoms with E-state index < -0.39 is 0 Å². The van der Waals surface area contributed by atoms with Crippen LogP contribution in [0.25, 0.3) is 0 Å². The number of aryl methyl sites for hydroxylation is 2. The van der Waals surface area contributed by atoms with E-state index in [0.717, 1.165) is 29.5 Å². The molecule has 1 fully saturated rings. The van der Waals surface area contributed by atoms with Crippen LogP contribution in [-0.4, -0.2) is 59.1 Å². The average molecular weight is 573 g/mol. The van der Waals surface area contributed by atoms with Crippen molar-refractivity contribution in [1.29, 1.82) is 0 Å². The quantitative estimate of drug-likeness (QED) is 0.236. The normalized spacial score (nSPS) is 15.6. The number of nitrogens with zero attached hydrogens (tertiary/aromatic N) is 2. The number of hydrogen-bond donors (Lipinski definition) is 3. The minimum absolute atomic E-state index is 0.0566. The molecule has 0 aliphatic carbocycles. The fraction of sp³-hybridized carbons (Fsp3) is 0.441. The molecule has 1 aliphatic rings. The molecule has 0 saturated carbocycles. The molecule has 8 heteroatoms. The Balaban J connectivity index is 1.31. The summed E-state index contributed by atoms with van der Waals surface area (Å²) in [5.41, 5.74) is 5.79. The summed E-state index contributed by atoms with van der Waals surface area (Å²) in [6.07, 6.45) is 7.01. The summed E-state index contributed by atoms with van der Waals surface area (Å²) < 4.78 is 5.30. The summed E-state index contributed by atoms with van der Waals surface area (Å²) in [5.74, 6) is 0.345. The van der Waals surface area contributed by atoms with Crippen molar-refractivity contribution in [1.82, 2.24) is 15.2 Å². The third kappa shape index (κ3) is 8.10. The summed E-state index contributed by atoms with van der Waals surface area (Å²) in [4.78, 5) is 32.6. The largest absolute Gasteiger partial charge is 0.506 e. The number of phenols is 1. The zero-order chi connectivity index (χ0) is 30.2. The summed E-state index contributed by atoms with van der Waals surface area (Å²) in [6, 6.07) is 13.1. The molecule has 4 rings (SSSR count). The van der Waals surface area contributed by atoms with Crippen LogP contribution >= 0.6 is 0 Å². The van der Waals surface area contributed by atoms with Gasteiger partial charge in [-0.3, -0.25) is 14.6 Å². The number of methoxy groups -OCH3 is 1. The maximum Gasteiger partial charge on any atom is 0.254 e. The van der Waals surface area contributed by atoms with Gasteiger partial charge >= 0.3 is 0 Å². The van der Waals surface area contributed by atoms with Gasteiger partial charge in [0.2, 0.25) is 0 Å². The zero-order valence-electron chi connectivity index (χ0n) is 25.4. The topological polar surface area (TPSA) is 104 Å². The van der Waals surface area contributed by atoms with Gasteiger partial charge in [0.25, 0.3) is 11.8 Å². The molecule has 2 amide bonds. The lowest BCUT2D eigenvalue weighted by Crippen LogP contribution is -2.38. The number of pyridine rings is 1. The highest BCUT2D eigenvalue weighted by Crippen LogP contribution is 2.26. The van der Waals surface area contributed by atoms with Gasteiger partial charge in [0.05, 0.1) is 18.3 Å². The second-order valence-corrected chi connectivity index (χ2v) is 11.7. The molecule has 2 aromatic carbocycles. The van der Waals surface area contributed by atoms with Crippen molar-refractivity contribution in [2.75, 3.05) is 25.6 Å². The second kappa shape index (κ2) is 14.3. The number of ether oxygens (including phenoxy) is 1. The van der Waals surface area contributed by atoms with Gasteiger partial charge in [-0.05, 0) is 98.0 Å². The Morgan fingerprint density at radius 2 is 1.86 bits per heavy atom. The molecule has 224 valence electrons. The Morgan fingerprint density at radius 3 is 2.60 bits per heavy atom. The fourth-order valence-corrected chi connectivity index (χ4v) is 5.43. The SMILES string of the molecule is COC[C@H]1CCCN1C(=O)c1cc(C)cc(C(=O)N[C@@H](C)CCc2ccc(NCc3cncc(C(C)C)c3)c(O)c2)c1. The van der Waals surface area contributed by atoms with Crippen LogP contribution in [0.15, 0.2) is 54.9 Å². The molecular formula is C34H44N4O4. The molecule has 8 nitrogen and oxygen atoms in total. The molecular weight excluding hydrogens is 528 g/mol. The van der Waals surface area contributed by atoms with Crippen LogP contribution in [0.1, 0.15) is 88.9 Å². The molecule has 0 radical (unpaired) electrons. The van der Waals surface area contributed by atoms with E-state index in [1.165, 1.54) is 5.56 Å². The van der Waals surface area contributed by atoms with E-state index in [4.69, 9.17) is 4.74 Å². The summed E-state index contributed by atoms with van der Waals surface area (Å²) in [6.45, 7) is 9.94. The number of likely N-dealkylation sites (tertiary alicyclic amines) is 1. The summed E-state index contributed by atoms with van der Waals surface area (Å²) in [7, 11) is 1.65. The van der Waals surface area contributed by atoms with Crippen molar-refractivity contribution in [3.63, 3.8) is 0 Å². The number of carbonyl (C=O) groups excluding carboxylic acids is 2. The fourth-order valence-electron chi connectivity index (χ4n) is 5.43. The highest BCUT2D eigenvalue weighted by Gasteiger charge is 2.29. The molecule has 42 heavy (non-hydrogen) atoms. The van der Waals surface area contributed by atoms with Crippen LogP contribution < -0.4 is 10.6 Å². The van der Waals surface area contributed by atoms with Crippen LogP contribution in [0.4, 0.5) is 5.69 Å². The molecule has 1 aliphatic heterocycles. The Labute approximate surface area is 249 Å². The van der Waals surface area contributed by atoms with Crippen molar-refractivity contribution >= 4 is 17.5 Å². The molecule has 2 atom stereocenters. The number of phenolic OH excluding ortho intramolecular Hbond substituents is 1. The average Bonchev–Trinajstić information content (AvgIpc) is 3.43. The number of rotatable bonds is 12. The van der Waals surface area contributed by atoms with Gasteiger partial charge in [-0.2, -0.15) is 0 Å². The van der Waals surface area contributed by atoms with Gasteiger partial charge in [0.15, 0.2) is 0 Å². The molecule has 0 bridgehead atoms. The monoisotopic (exact) mass is 572 g/mol.